The molecular formula is C18H20N4O4S2. The molecule has 1 fully saturated rings. The van der Waals surface area contributed by atoms with Crippen molar-refractivity contribution in [2.24, 2.45) is 0 Å². The van der Waals surface area contributed by atoms with Gasteiger partial charge in [-0.05, 0) is 24.6 Å². The Morgan fingerprint density at radius 3 is 2.82 bits per heavy atom. The molecule has 2 aromatic rings. The van der Waals surface area contributed by atoms with Gasteiger partial charge in [-0.2, -0.15) is 0 Å². The number of fused-ring (bicyclic) bond motifs is 1. The summed E-state index contributed by atoms with van der Waals surface area (Å²) in [6, 6.07) is 3.64. The number of anilines is 1. The van der Waals surface area contributed by atoms with Crippen LogP contribution < -0.4 is 10.9 Å². The number of thioether (sulfide) groups is 1. The molecule has 1 aliphatic heterocycles. The first-order valence-electron chi connectivity index (χ1n) is 8.59. The van der Waals surface area contributed by atoms with Crippen molar-refractivity contribution in [1.29, 1.82) is 0 Å². The van der Waals surface area contributed by atoms with Gasteiger partial charge in [0.1, 0.15) is 15.8 Å². The lowest BCUT2D eigenvalue weighted by molar-refractivity contribution is -0.121. The van der Waals surface area contributed by atoms with Crippen LogP contribution >= 0.6 is 24.0 Å². The first kappa shape index (κ1) is 20.5. The topological polar surface area (TPSA) is 96.2 Å². The Hall–Kier alpha value is -2.27. The summed E-state index contributed by atoms with van der Waals surface area (Å²) in [4.78, 5) is 31.7. The van der Waals surface area contributed by atoms with E-state index in [1.54, 1.807) is 19.3 Å². The van der Waals surface area contributed by atoms with E-state index in [2.05, 4.69) is 10.3 Å². The van der Waals surface area contributed by atoms with Crippen LogP contribution in [-0.4, -0.2) is 63.0 Å². The van der Waals surface area contributed by atoms with E-state index in [0.717, 1.165) is 17.3 Å². The Kier molecular flexibility index (Phi) is 6.45. The van der Waals surface area contributed by atoms with Crippen LogP contribution in [0.15, 0.2) is 28.0 Å². The number of hydrogen-bond acceptors (Lipinski definition) is 8. The van der Waals surface area contributed by atoms with Crippen molar-refractivity contribution in [2.45, 2.75) is 6.92 Å². The molecule has 2 N–H and O–H groups in total. The van der Waals surface area contributed by atoms with E-state index in [9.17, 15) is 9.59 Å². The molecule has 0 aliphatic carbocycles. The van der Waals surface area contributed by atoms with Gasteiger partial charge in [0, 0.05) is 19.8 Å². The maximum atomic E-state index is 13.1. The van der Waals surface area contributed by atoms with Crippen LogP contribution in [0, 0.1) is 6.92 Å². The number of nitrogens with one attached hydrogen (secondary N) is 1. The fraction of sp³-hybridized carbons (Fsp3) is 0.333. The smallest absolute Gasteiger partial charge is 0.267 e. The number of aliphatic hydroxyl groups excluding tert-OH is 1. The Morgan fingerprint density at radius 1 is 1.36 bits per heavy atom. The number of likely N-dealkylation sites (N-methyl/N-ethyl adjacent to an activating group) is 1. The number of ether oxygens (including phenoxy) is 1. The quantitative estimate of drug-likeness (QED) is 0.393. The summed E-state index contributed by atoms with van der Waals surface area (Å²) in [5, 5.41) is 11.9. The number of aryl methyl sites for hydroxylation is 1. The summed E-state index contributed by atoms with van der Waals surface area (Å²) in [7, 11) is 1.60. The molecule has 3 heterocycles. The van der Waals surface area contributed by atoms with Crippen LogP contribution in [0.3, 0.4) is 0 Å². The SMILES string of the molecule is Cc1ccc2nc(NCCOCCO)c(/C=C3/SC(=S)N(C)C3=O)c(=O)n2c1. The van der Waals surface area contributed by atoms with Gasteiger partial charge in [-0.1, -0.05) is 30.0 Å². The maximum Gasteiger partial charge on any atom is 0.267 e. The summed E-state index contributed by atoms with van der Waals surface area (Å²) in [5.74, 6) is 0.115. The highest BCUT2D eigenvalue weighted by Gasteiger charge is 2.29. The fourth-order valence-electron chi connectivity index (χ4n) is 2.61. The molecule has 0 spiro atoms. The van der Waals surface area contributed by atoms with Crippen LogP contribution in [0.25, 0.3) is 11.7 Å². The molecule has 0 radical (unpaired) electrons. The molecule has 1 amide bonds. The number of aromatic nitrogens is 2. The fourth-order valence-corrected chi connectivity index (χ4v) is 3.77. The van der Waals surface area contributed by atoms with Gasteiger partial charge in [0.25, 0.3) is 11.5 Å². The number of nitrogens with zero attached hydrogens (tertiary/aromatic N) is 3. The van der Waals surface area contributed by atoms with Gasteiger partial charge in [-0.3, -0.25) is 18.9 Å². The Labute approximate surface area is 171 Å². The lowest BCUT2D eigenvalue weighted by Crippen LogP contribution is -2.24. The third-order valence-corrected chi connectivity index (χ3v) is 5.53. The second-order valence-corrected chi connectivity index (χ2v) is 7.79. The molecule has 0 unspecified atom stereocenters. The summed E-state index contributed by atoms with van der Waals surface area (Å²) in [6.07, 6.45) is 3.24. The molecule has 28 heavy (non-hydrogen) atoms. The van der Waals surface area contributed by atoms with E-state index in [-0.39, 0.29) is 30.2 Å². The van der Waals surface area contributed by atoms with E-state index < -0.39 is 0 Å². The van der Waals surface area contributed by atoms with E-state index in [1.807, 2.05) is 13.0 Å². The molecule has 0 bridgehead atoms. The number of thiocarbonyl (C=S) groups is 1. The summed E-state index contributed by atoms with van der Waals surface area (Å²) in [5.41, 5.74) is 1.41. The molecule has 3 rings (SSSR count). The van der Waals surface area contributed by atoms with Gasteiger partial charge >= 0.3 is 0 Å². The molecule has 2 aromatic heterocycles. The van der Waals surface area contributed by atoms with E-state index in [4.69, 9.17) is 22.1 Å². The van der Waals surface area contributed by atoms with Gasteiger partial charge in [0.15, 0.2) is 0 Å². The zero-order valence-corrected chi connectivity index (χ0v) is 17.1. The highest BCUT2D eigenvalue weighted by Crippen LogP contribution is 2.31. The van der Waals surface area contributed by atoms with Crippen LogP contribution in [0.4, 0.5) is 5.82 Å². The molecule has 0 aromatic carbocycles. The summed E-state index contributed by atoms with van der Waals surface area (Å²) >= 11 is 6.31. The zero-order chi connectivity index (χ0) is 20.3. The molecule has 8 nitrogen and oxygen atoms in total. The van der Waals surface area contributed by atoms with Crippen molar-refractivity contribution in [3.05, 3.63) is 44.7 Å². The lowest BCUT2D eigenvalue weighted by Gasteiger charge is -2.11. The van der Waals surface area contributed by atoms with Crippen molar-refractivity contribution in [2.75, 3.05) is 38.7 Å². The van der Waals surface area contributed by atoms with Crippen LogP contribution in [-0.2, 0) is 9.53 Å². The Bertz CT molecular complexity index is 1020. The number of hydrogen-bond donors (Lipinski definition) is 2. The van der Waals surface area contributed by atoms with Crippen LogP contribution in [0.2, 0.25) is 0 Å². The van der Waals surface area contributed by atoms with Crippen LogP contribution in [0.1, 0.15) is 11.1 Å². The van der Waals surface area contributed by atoms with Crippen molar-refractivity contribution >= 4 is 51.7 Å². The average Bonchev–Trinajstić information content (AvgIpc) is 2.91. The van der Waals surface area contributed by atoms with Crippen LogP contribution in [0.5, 0.6) is 0 Å². The number of amides is 1. The maximum absolute atomic E-state index is 13.1. The molecule has 1 saturated heterocycles. The number of carbonyl (C=O) groups excluding carboxylic acids is 1. The molecule has 10 heteroatoms. The largest absolute Gasteiger partial charge is 0.394 e. The van der Waals surface area contributed by atoms with Gasteiger partial charge in [0.05, 0.1) is 30.3 Å². The number of aliphatic hydroxyl groups is 1. The van der Waals surface area contributed by atoms with Crippen molar-refractivity contribution < 1.29 is 14.6 Å². The molecular weight excluding hydrogens is 400 g/mol. The first-order valence-corrected chi connectivity index (χ1v) is 9.82. The van der Waals surface area contributed by atoms with Gasteiger partial charge < -0.3 is 15.2 Å². The number of pyridine rings is 1. The van der Waals surface area contributed by atoms with Crippen molar-refractivity contribution in [3.63, 3.8) is 0 Å². The predicted octanol–water partition coefficient (Wildman–Crippen LogP) is 1.25. The molecule has 0 atom stereocenters. The predicted molar refractivity (Wildman–Crippen MR) is 114 cm³/mol. The number of rotatable bonds is 7. The second kappa shape index (κ2) is 8.82. The van der Waals surface area contributed by atoms with Gasteiger partial charge in [-0.15, -0.1) is 0 Å². The van der Waals surface area contributed by atoms with E-state index >= 15 is 0 Å². The lowest BCUT2D eigenvalue weighted by atomic mass is 10.2. The minimum atomic E-state index is -0.283. The number of carbonyl (C=O) groups is 1. The zero-order valence-electron chi connectivity index (χ0n) is 15.5. The van der Waals surface area contributed by atoms with Crippen molar-refractivity contribution in [3.8, 4) is 0 Å². The summed E-state index contributed by atoms with van der Waals surface area (Å²) in [6.45, 7) is 2.80. The first-order chi connectivity index (χ1) is 13.4. The normalized spacial score (nSPS) is 15.8. The summed E-state index contributed by atoms with van der Waals surface area (Å²) < 4.78 is 7.13. The van der Waals surface area contributed by atoms with Gasteiger partial charge in [0.2, 0.25) is 0 Å². The molecule has 1 aliphatic rings. The Morgan fingerprint density at radius 2 is 2.14 bits per heavy atom. The third kappa shape index (κ3) is 4.25. The second-order valence-electron chi connectivity index (χ2n) is 6.12. The minimum absolute atomic E-state index is 0.0565. The highest BCUT2D eigenvalue weighted by atomic mass is 32.2. The standard InChI is InChI=1S/C18H20N4O4S2/c1-11-3-4-14-20-15(19-5-7-26-8-6-23)12(16(24)22(14)10-11)9-13-17(25)21(2)18(27)28-13/h3-4,9-10,19,23H,5-8H2,1-2H3/b13-9+. The molecule has 0 saturated carbocycles. The monoisotopic (exact) mass is 420 g/mol. The van der Waals surface area contributed by atoms with Gasteiger partial charge in [-0.25, -0.2) is 4.98 Å². The Balaban J connectivity index is 2.03. The average molecular weight is 421 g/mol. The highest BCUT2D eigenvalue weighted by molar-refractivity contribution is 8.26. The third-order valence-electron chi connectivity index (χ3n) is 4.04. The van der Waals surface area contributed by atoms with E-state index in [1.165, 1.54) is 15.4 Å². The van der Waals surface area contributed by atoms with Crippen molar-refractivity contribution in [1.82, 2.24) is 14.3 Å². The minimum Gasteiger partial charge on any atom is -0.394 e. The van der Waals surface area contributed by atoms with E-state index in [0.29, 0.717) is 33.8 Å². The molecule has 148 valence electrons.